The Morgan fingerprint density at radius 1 is 0.477 bits per heavy atom. The van der Waals surface area contributed by atoms with Crippen LogP contribution in [0.15, 0.2) is 158 Å². The van der Waals surface area contributed by atoms with Gasteiger partial charge in [0, 0.05) is 40.6 Å². The molecular formula is C42H34N2. The van der Waals surface area contributed by atoms with Crippen LogP contribution in [-0.4, -0.2) is 12.1 Å². The number of rotatable bonds is 4. The molecule has 44 heavy (non-hydrogen) atoms. The van der Waals surface area contributed by atoms with Crippen molar-refractivity contribution in [2.45, 2.75) is 36.8 Å². The summed E-state index contributed by atoms with van der Waals surface area (Å²) in [6.45, 7) is 0. The summed E-state index contributed by atoms with van der Waals surface area (Å²) in [4.78, 5) is 5.11. The molecule has 2 aliphatic heterocycles. The van der Waals surface area contributed by atoms with E-state index < -0.39 is 0 Å². The van der Waals surface area contributed by atoms with E-state index >= 15 is 0 Å². The molecule has 0 N–H and O–H groups in total. The molecule has 212 valence electrons. The highest BCUT2D eigenvalue weighted by Crippen LogP contribution is 2.52. The molecule has 0 amide bonds. The summed E-state index contributed by atoms with van der Waals surface area (Å²) in [6, 6.07) is 45.7. The SMILES string of the molecule is C1=CC2c3cc(-c4ccc5c(c4)C4C=CCCC4N5c4ccc(-c5ccccc5)cc4)ccc3N(c3ccccc3)C2C=C1. The maximum atomic E-state index is 2.60. The zero-order chi connectivity index (χ0) is 29.0. The number of nitrogens with zero attached hydrogens (tertiary/aromatic N) is 2. The highest BCUT2D eigenvalue weighted by atomic mass is 15.2. The first-order valence-electron chi connectivity index (χ1n) is 15.9. The minimum atomic E-state index is 0.308. The first kappa shape index (κ1) is 25.4. The minimum absolute atomic E-state index is 0.308. The van der Waals surface area contributed by atoms with E-state index in [-0.39, 0.29) is 0 Å². The summed E-state index contributed by atoms with van der Waals surface area (Å²) in [5, 5.41) is 0. The van der Waals surface area contributed by atoms with Crippen LogP contribution >= 0.6 is 0 Å². The van der Waals surface area contributed by atoms with Crippen molar-refractivity contribution in [3.8, 4) is 22.3 Å². The standard InChI is InChI=1S/C42H34N2/c1-3-11-29(12-4-1)30-19-23-34(24-20-30)44-40-18-10-8-16-36(40)38-28-32(22-26-42(38)44)31-21-25-41-37(27-31)35-15-7-9-17-39(35)43(41)33-13-5-2-6-14-33/h1-9,11-17,19-28,35-36,39-40H,10,18H2. The molecule has 0 aromatic heterocycles. The molecule has 0 radical (unpaired) electrons. The van der Waals surface area contributed by atoms with E-state index in [4.69, 9.17) is 0 Å². The van der Waals surface area contributed by atoms with E-state index in [9.17, 15) is 0 Å². The second-order valence-electron chi connectivity index (χ2n) is 12.4. The molecule has 9 rings (SSSR count). The number of fused-ring (bicyclic) bond motifs is 6. The van der Waals surface area contributed by atoms with Crippen molar-refractivity contribution in [1.29, 1.82) is 0 Å². The van der Waals surface area contributed by atoms with Gasteiger partial charge in [-0.15, -0.1) is 0 Å². The lowest BCUT2D eigenvalue weighted by Crippen LogP contribution is -2.30. The third-order valence-corrected chi connectivity index (χ3v) is 10.0. The summed E-state index contributed by atoms with van der Waals surface area (Å²) in [6.07, 6.45) is 16.3. The van der Waals surface area contributed by atoms with Crippen molar-refractivity contribution in [3.05, 3.63) is 169 Å². The predicted octanol–water partition coefficient (Wildman–Crippen LogP) is 10.7. The van der Waals surface area contributed by atoms with Gasteiger partial charge in [0.2, 0.25) is 0 Å². The van der Waals surface area contributed by atoms with Crippen molar-refractivity contribution >= 4 is 22.7 Å². The number of allylic oxidation sites excluding steroid dienone is 3. The van der Waals surface area contributed by atoms with Gasteiger partial charge in [0.1, 0.15) is 0 Å². The third-order valence-electron chi connectivity index (χ3n) is 10.0. The van der Waals surface area contributed by atoms with Gasteiger partial charge in [0.25, 0.3) is 0 Å². The average molecular weight is 567 g/mol. The number of hydrogen-bond donors (Lipinski definition) is 0. The van der Waals surface area contributed by atoms with Crippen LogP contribution in [0.3, 0.4) is 0 Å². The molecule has 2 heterocycles. The second kappa shape index (κ2) is 10.3. The van der Waals surface area contributed by atoms with Gasteiger partial charge in [-0.05, 0) is 94.8 Å². The summed E-state index contributed by atoms with van der Waals surface area (Å²) < 4.78 is 0. The molecule has 2 nitrogen and oxygen atoms in total. The van der Waals surface area contributed by atoms with Crippen molar-refractivity contribution in [2.75, 3.05) is 9.80 Å². The van der Waals surface area contributed by atoms with Gasteiger partial charge in [0.05, 0.1) is 6.04 Å². The Labute approximate surface area is 259 Å². The molecule has 4 unspecified atom stereocenters. The third kappa shape index (κ3) is 4.02. The van der Waals surface area contributed by atoms with Gasteiger partial charge in [-0.2, -0.15) is 0 Å². The van der Waals surface area contributed by atoms with E-state index in [0.717, 1.165) is 6.42 Å². The van der Waals surface area contributed by atoms with Gasteiger partial charge in [-0.25, -0.2) is 0 Å². The molecular weight excluding hydrogens is 532 g/mol. The summed E-state index contributed by atoms with van der Waals surface area (Å²) in [5.41, 5.74) is 13.2. The first-order chi connectivity index (χ1) is 21.8. The number of para-hydroxylation sites is 1. The molecule has 0 saturated carbocycles. The van der Waals surface area contributed by atoms with E-state index in [1.54, 1.807) is 0 Å². The molecule has 5 aromatic carbocycles. The fourth-order valence-electron chi connectivity index (χ4n) is 8.00. The van der Waals surface area contributed by atoms with Crippen LogP contribution in [0.2, 0.25) is 0 Å². The van der Waals surface area contributed by atoms with Crippen LogP contribution in [0.25, 0.3) is 22.3 Å². The molecule has 0 fully saturated rings. The predicted molar refractivity (Wildman–Crippen MR) is 184 cm³/mol. The molecule has 5 aromatic rings. The molecule has 2 heteroatoms. The summed E-state index contributed by atoms with van der Waals surface area (Å²) >= 11 is 0. The maximum Gasteiger partial charge on any atom is 0.0629 e. The highest BCUT2D eigenvalue weighted by molar-refractivity contribution is 5.82. The molecule has 2 aliphatic carbocycles. The van der Waals surface area contributed by atoms with Crippen molar-refractivity contribution in [2.24, 2.45) is 0 Å². The number of hydrogen-bond acceptors (Lipinski definition) is 2. The zero-order valence-corrected chi connectivity index (χ0v) is 24.6. The molecule has 0 spiro atoms. The van der Waals surface area contributed by atoms with Crippen LogP contribution in [0.1, 0.15) is 35.8 Å². The fourth-order valence-corrected chi connectivity index (χ4v) is 8.00. The normalized spacial score (nSPS) is 22.5. The molecule has 4 atom stereocenters. The highest BCUT2D eigenvalue weighted by Gasteiger charge is 2.40. The van der Waals surface area contributed by atoms with E-state index in [0.29, 0.717) is 23.9 Å². The topological polar surface area (TPSA) is 6.48 Å². The Morgan fingerprint density at radius 3 is 1.82 bits per heavy atom. The van der Waals surface area contributed by atoms with Crippen LogP contribution in [0.4, 0.5) is 22.7 Å². The van der Waals surface area contributed by atoms with Crippen LogP contribution < -0.4 is 9.80 Å². The van der Waals surface area contributed by atoms with Gasteiger partial charge in [0.15, 0.2) is 0 Å². The molecule has 0 saturated heterocycles. The number of anilines is 4. The maximum absolute atomic E-state index is 2.60. The monoisotopic (exact) mass is 566 g/mol. The Balaban J connectivity index is 1.09. The Bertz CT molecular complexity index is 1930. The number of benzene rings is 5. The van der Waals surface area contributed by atoms with Gasteiger partial charge in [-0.3, -0.25) is 0 Å². The van der Waals surface area contributed by atoms with Crippen molar-refractivity contribution < 1.29 is 0 Å². The smallest absolute Gasteiger partial charge is 0.0629 e. The Morgan fingerprint density at radius 2 is 1.07 bits per heavy atom. The van der Waals surface area contributed by atoms with E-state index in [2.05, 4.69) is 168 Å². The van der Waals surface area contributed by atoms with Crippen LogP contribution in [0, 0.1) is 0 Å². The van der Waals surface area contributed by atoms with E-state index in [1.165, 1.54) is 62.6 Å². The average Bonchev–Trinajstić information content (AvgIpc) is 3.61. The lowest BCUT2D eigenvalue weighted by atomic mass is 9.86. The summed E-state index contributed by atoms with van der Waals surface area (Å²) in [7, 11) is 0. The van der Waals surface area contributed by atoms with Crippen molar-refractivity contribution in [1.82, 2.24) is 0 Å². The summed E-state index contributed by atoms with van der Waals surface area (Å²) in [5.74, 6) is 0.760. The van der Waals surface area contributed by atoms with Crippen LogP contribution in [-0.2, 0) is 0 Å². The molecule has 4 aliphatic rings. The zero-order valence-electron chi connectivity index (χ0n) is 24.6. The van der Waals surface area contributed by atoms with Crippen LogP contribution in [0.5, 0.6) is 0 Å². The van der Waals surface area contributed by atoms with Gasteiger partial charge in [-0.1, -0.05) is 109 Å². The van der Waals surface area contributed by atoms with Crippen molar-refractivity contribution in [3.63, 3.8) is 0 Å². The Kier molecular flexibility index (Phi) is 5.94. The lowest BCUT2D eigenvalue weighted by Gasteiger charge is -2.31. The lowest BCUT2D eigenvalue weighted by molar-refractivity contribution is 0.565. The van der Waals surface area contributed by atoms with Gasteiger partial charge >= 0.3 is 0 Å². The fraction of sp³-hybridized carbons (Fsp3) is 0.143. The second-order valence-corrected chi connectivity index (χ2v) is 12.4. The minimum Gasteiger partial charge on any atom is -0.337 e. The first-order valence-corrected chi connectivity index (χ1v) is 15.9. The van der Waals surface area contributed by atoms with E-state index in [1.807, 2.05) is 0 Å². The Hall–Kier alpha value is -5.08. The van der Waals surface area contributed by atoms with Gasteiger partial charge < -0.3 is 9.80 Å². The largest absolute Gasteiger partial charge is 0.337 e. The molecule has 0 bridgehead atoms. The quantitative estimate of drug-likeness (QED) is 0.200.